The molecule has 1 aromatic carbocycles. The third-order valence-electron chi connectivity index (χ3n) is 2.37. The third-order valence-corrected chi connectivity index (χ3v) is 2.37. The van der Waals surface area contributed by atoms with Gasteiger partial charge in [-0.25, -0.2) is 4.39 Å². The summed E-state index contributed by atoms with van der Waals surface area (Å²) < 4.78 is 12.6. The lowest BCUT2D eigenvalue weighted by atomic mass is 9.95. The van der Waals surface area contributed by atoms with Crippen LogP contribution in [-0.2, 0) is 0 Å². The minimum atomic E-state index is -0.556. The third kappa shape index (κ3) is 2.79. The van der Waals surface area contributed by atoms with Gasteiger partial charge >= 0.3 is 0 Å². The van der Waals surface area contributed by atoms with E-state index in [0.717, 1.165) is 12.0 Å². The van der Waals surface area contributed by atoms with Crippen LogP contribution < -0.4 is 5.73 Å². The fourth-order valence-electron chi connectivity index (χ4n) is 1.41. The van der Waals surface area contributed by atoms with Crippen LogP contribution in [0, 0.1) is 11.7 Å². The normalized spacial score (nSPS) is 15.1. The zero-order valence-corrected chi connectivity index (χ0v) is 8.28. The van der Waals surface area contributed by atoms with Crippen LogP contribution in [0.15, 0.2) is 24.3 Å². The second-order valence-corrected chi connectivity index (χ2v) is 3.55. The zero-order valence-electron chi connectivity index (χ0n) is 8.28. The molecule has 3 N–H and O–H groups in total. The van der Waals surface area contributed by atoms with Gasteiger partial charge in [0.05, 0.1) is 6.10 Å². The number of hydrogen-bond acceptors (Lipinski definition) is 2. The van der Waals surface area contributed by atoms with Crippen molar-refractivity contribution in [2.75, 3.05) is 6.54 Å². The van der Waals surface area contributed by atoms with Crippen molar-refractivity contribution in [1.82, 2.24) is 0 Å². The monoisotopic (exact) mass is 197 g/mol. The Kier molecular flexibility index (Phi) is 4.04. The predicted octanol–water partition coefficient (Wildman–Crippen LogP) is 1.84. The number of halogens is 1. The van der Waals surface area contributed by atoms with Gasteiger partial charge in [-0.05, 0) is 36.6 Å². The molecule has 0 fully saturated rings. The number of aliphatic hydroxyl groups is 1. The second kappa shape index (κ2) is 5.08. The lowest BCUT2D eigenvalue weighted by Crippen LogP contribution is -2.13. The molecule has 0 aromatic heterocycles. The minimum absolute atomic E-state index is 0.102. The maximum atomic E-state index is 12.6. The molecule has 0 bridgehead atoms. The van der Waals surface area contributed by atoms with Crippen molar-refractivity contribution < 1.29 is 9.50 Å². The molecule has 2 unspecified atom stereocenters. The first kappa shape index (κ1) is 11.1. The summed E-state index contributed by atoms with van der Waals surface area (Å²) in [5.41, 5.74) is 6.14. The van der Waals surface area contributed by atoms with Crippen molar-refractivity contribution in [3.63, 3.8) is 0 Å². The molecule has 0 aliphatic heterocycles. The summed E-state index contributed by atoms with van der Waals surface area (Å²) in [5.74, 6) is -0.183. The van der Waals surface area contributed by atoms with E-state index in [1.165, 1.54) is 12.1 Å². The first-order valence-corrected chi connectivity index (χ1v) is 4.78. The number of hydrogen-bond donors (Lipinski definition) is 2. The molecule has 0 radical (unpaired) electrons. The maximum Gasteiger partial charge on any atom is 0.123 e. The largest absolute Gasteiger partial charge is 0.388 e. The smallest absolute Gasteiger partial charge is 0.123 e. The van der Waals surface area contributed by atoms with Crippen molar-refractivity contribution in [2.24, 2.45) is 11.7 Å². The highest BCUT2D eigenvalue weighted by atomic mass is 19.1. The van der Waals surface area contributed by atoms with Crippen molar-refractivity contribution in [3.8, 4) is 0 Å². The molecule has 0 saturated carbocycles. The Hall–Kier alpha value is -0.930. The van der Waals surface area contributed by atoms with Crippen LogP contribution >= 0.6 is 0 Å². The van der Waals surface area contributed by atoms with E-state index in [1.807, 2.05) is 6.92 Å². The minimum Gasteiger partial charge on any atom is -0.388 e. The van der Waals surface area contributed by atoms with E-state index in [9.17, 15) is 9.50 Å². The molecule has 0 aliphatic rings. The average Bonchev–Trinajstić information content (AvgIpc) is 2.18. The molecule has 0 amide bonds. The van der Waals surface area contributed by atoms with Gasteiger partial charge in [0.25, 0.3) is 0 Å². The maximum absolute atomic E-state index is 12.6. The van der Waals surface area contributed by atoms with Gasteiger partial charge < -0.3 is 10.8 Å². The molecule has 2 atom stereocenters. The molecule has 0 spiro atoms. The summed E-state index contributed by atoms with van der Waals surface area (Å²) in [6.07, 6.45) is 0.206. The van der Waals surface area contributed by atoms with Crippen molar-refractivity contribution in [1.29, 1.82) is 0 Å². The quantitative estimate of drug-likeness (QED) is 0.773. The summed E-state index contributed by atoms with van der Waals surface area (Å²) in [6.45, 7) is 2.49. The van der Waals surface area contributed by atoms with E-state index in [2.05, 4.69) is 0 Å². The molecule has 0 aliphatic carbocycles. The van der Waals surface area contributed by atoms with E-state index in [0.29, 0.717) is 6.54 Å². The lowest BCUT2D eigenvalue weighted by Gasteiger charge is -2.18. The van der Waals surface area contributed by atoms with Gasteiger partial charge in [0.15, 0.2) is 0 Å². The van der Waals surface area contributed by atoms with E-state index in [1.54, 1.807) is 12.1 Å². The molecule has 3 heteroatoms. The predicted molar refractivity (Wildman–Crippen MR) is 54.2 cm³/mol. The van der Waals surface area contributed by atoms with Gasteiger partial charge in [-0.2, -0.15) is 0 Å². The van der Waals surface area contributed by atoms with Gasteiger partial charge in [-0.1, -0.05) is 19.1 Å². The summed E-state index contributed by atoms with van der Waals surface area (Å²) in [5, 5.41) is 9.83. The van der Waals surface area contributed by atoms with Gasteiger partial charge in [-0.3, -0.25) is 0 Å². The molecular weight excluding hydrogens is 181 g/mol. The summed E-state index contributed by atoms with van der Waals surface area (Å²) in [4.78, 5) is 0. The summed E-state index contributed by atoms with van der Waals surface area (Å²) in [7, 11) is 0. The van der Waals surface area contributed by atoms with Gasteiger partial charge in [-0.15, -0.1) is 0 Å². The molecule has 0 saturated heterocycles. The molecule has 0 heterocycles. The molecule has 1 aromatic rings. The first-order valence-electron chi connectivity index (χ1n) is 4.78. The number of benzene rings is 1. The molecule has 2 nitrogen and oxygen atoms in total. The van der Waals surface area contributed by atoms with E-state index < -0.39 is 6.10 Å². The highest BCUT2D eigenvalue weighted by Crippen LogP contribution is 2.23. The van der Waals surface area contributed by atoms with Crippen molar-refractivity contribution in [2.45, 2.75) is 19.4 Å². The second-order valence-electron chi connectivity index (χ2n) is 3.55. The van der Waals surface area contributed by atoms with Gasteiger partial charge in [0.2, 0.25) is 0 Å². The van der Waals surface area contributed by atoms with Crippen LogP contribution in [0.2, 0.25) is 0 Å². The highest BCUT2D eigenvalue weighted by molar-refractivity contribution is 5.18. The van der Waals surface area contributed by atoms with E-state index in [4.69, 9.17) is 5.73 Å². The van der Waals surface area contributed by atoms with Gasteiger partial charge in [0.1, 0.15) is 5.82 Å². The van der Waals surface area contributed by atoms with Crippen LogP contribution in [0.1, 0.15) is 25.0 Å². The van der Waals surface area contributed by atoms with Crippen molar-refractivity contribution in [3.05, 3.63) is 35.6 Å². The van der Waals surface area contributed by atoms with E-state index in [-0.39, 0.29) is 11.7 Å². The molecule has 1 rings (SSSR count). The Morgan fingerprint density at radius 3 is 2.43 bits per heavy atom. The fourth-order valence-corrected chi connectivity index (χ4v) is 1.41. The van der Waals surface area contributed by atoms with Crippen LogP contribution in [0.5, 0.6) is 0 Å². The average molecular weight is 197 g/mol. The Bertz CT molecular complexity index is 273. The lowest BCUT2D eigenvalue weighted by molar-refractivity contribution is 0.114. The zero-order chi connectivity index (χ0) is 10.6. The van der Waals surface area contributed by atoms with Crippen LogP contribution in [0.3, 0.4) is 0 Å². The molecular formula is C11H16FNO. The SMILES string of the molecule is CC(CCN)C(O)c1ccc(F)cc1. The van der Waals surface area contributed by atoms with Crippen LogP contribution in [0.25, 0.3) is 0 Å². The van der Waals surface area contributed by atoms with Crippen molar-refractivity contribution >= 4 is 0 Å². The fraction of sp³-hybridized carbons (Fsp3) is 0.455. The Morgan fingerprint density at radius 2 is 1.93 bits per heavy atom. The van der Waals surface area contributed by atoms with Gasteiger partial charge in [0, 0.05) is 0 Å². The highest BCUT2D eigenvalue weighted by Gasteiger charge is 2.15. The van der Waals surface area contributed by atoms with E-state index >= 15 is 0 Å². The van der Waals surface area contributed by atoms with Crippen LogP contribution in [-0.4, -0.2) is 11.7 Å². The number of rotatable bonds is 4. The first-order chi connectivity index (χ1) is 6.65. The number of aliphatic hydroxyl groups excluding tert-OH is 1. The molecule has 14 heavy (non-hydrogen) atoms. The summed E-state index contributed by atoms with van der Waals surface area (Å²) >= 11 is 0. The standard InChI is InChI=1S/C11H16FNO/c1-8(6-7-13)11(14)9-2-4-10(12)5-3-9/h2-5,8,11,14H,6-7,13H2,1H3. The summed E-state index contributed by atoms with van der Waals surface area (Å²) in [6, 6.07) is 5.92. The molecule has 78 valence electrons. The number of nitrogens with two attached hydrogens (primary N) is 1. The Labute approximate surface area is 83.6 Å². The Balaban J connectivity index is 2.68. The Morgan fingerprint density at radius 1 is 1.36 bits per heavy atom. The topological polar surface area (TPSA) is 46.2 Å². The van der Waals surface area contributed by atoms with Crippen LogP contribution in [0.4, 0.5) is 4.39 Å².